The maximum absolute atomic E-state index is 12.1. The molecule has 0 bridgehead atoms. The third kappa shape index (κ3) is 3.89. The van der Waals surface area contributed by atoms with Crippen LogP contribution in [0.4, 0.5) is 0 Å². The number of aromatic nitrogens is 1. The van der Waals surface area contributed by atoms with E-state index < -0.39 is 20.7 Å². The fraction of sp³-hybridized carbons (Fsp3) is 0.333. The maximum Gasteiger partial charge on any atom is 0.276 e. The summed E-state index contributed by atoms with van der Waals surface area (Å²) in [6.07, 6.45) is 1.37. The quantitative estimate of drug-likeness (QED) is 0.912. The van der Waals surface area contributed by atoms with E-state index in [-0.39, 0.29) is 4.88 Å². The lowest BCUT2D eigenvalue weighted by molar-refractivity contribution is 0.0984. The van der Waals surface area contributed by atoms with Gasteiger partial charge in [-0.15, -0.1) is 11.3 Å². The second-order valence-electron chi connectivity index (χ2n) is 5.81. The van der Waals surface area contributed by atoms with Crippen molar-refractivity contribution >= 4 is 27.3 Å². The number of benzene rings is 1. The summed E-state index contributed by atoms with van der Waals surface area (Å²) in [4.78, 5) is 16.5. The van der Waals surface area contributed by atoms with Crippen LogP contribution in [0.1, 0.15) is 30.4 Å². The summed E-state index contributed by atoms with van der Waals surface area (Å²) >= 11 is 1.13. The lowest BCUT2D eigenvalue weighted by Crippen LogP contribution is -2.42. The van der Waals surface area contributed by atoms with Crippen molar-refractivity contribution in [1.82, 2.24) is 9.71 Å². The average Bonchev–Trinajstić information content (AvgIpc) is 2.95. The highest BCUT2D eigenvalue weighted by Gasteiger charge is 2.31. The van der Waals surface area contributed by atoms with Crippen molar-refractivity contribution in [2.75, 3.05) is 7.11 Å². The standard InChI is InChI=1S/C15H18N2O4S2/c1-15(2,3)23(19,20)17-13(18)12-9-16-14(22-12)10-5-7-11(21-4)8-6-10/h5-9H,1-4H3,(H,17,18). The molecule has 0 saturated heterocycles. The van der Waals surface area contributed by atoms with Gasteiger partial charge in [0.2, 0.25) is 10.0 Å². The maximum atomic E-state index is 12.1. The van der Waals surface area contributed by atoms with E-state index in [4.69, 9.17) is 4.74 Å². The Kier molecular flexibility index (Phi) is 4.76. The van der Waals surface area contributed by atoms with Crippen LogP contribution in [0, 0.1) is 0 Å². The molecule has 0 spiro atoms. The van der Waals surface area contributed by atoms with Gasteiger partial charge in [-0.3, -0.25) is 4.79 Å². The summed E-state index contributed by atoms with van der Waals surface area (Å²) in [6.45, 7) is 4.58. The van der Waals surface area contributed by atoms with E-state index in [1.54, 1.807) is 19.2 Å². The first-order chi connectivity index (χ1) is 10.6. The molecule has 0 radical (unpaired) electrons. The molecule has 0 unspecified atom stereocenters. The number of thiazole rings is 1. The Morgan fingerprint density at radius 3 is 2.35 bits per heavy atom. The molecule has 2 rings (SSSR count). The number of methoxy groups -OCH3 is 1. The highest BCUT2D eigenvalue weighted by molar-refractivity contribution is 7.91. The number of hydrogen-bond donors (Lipinski definition) is 1. The number of carbonyl (C=O) groups is 1. The van der Waals surface area contributed by atoms with Crippen LogP contribution >= 0.6 is 11.3 Å². The molecular weight excluding hydrogens is 336 g/mol. The minimum Gasteiger partial charge on any atom is -0.497 e. The molecule has 2 aromatic rings. The molecule has 1 heterocycles. The third-order valence-electron chi connectivity index (χ3n) is 3.10. The van der Waals surface area contributed by atoms with Gasteiger partial charge in [0.1, 0.15) is 15.6 Å². The van der Waals surface area contributed by atoms with Crippen LogP contribution in [0.3, 0.4) is 0 Å². The van der Waals surface area contributed by atoms with Crippen LogP contribution in [-0.2, 0) is 10.0 Å². The molecule has 124 valence electrons. The van der Waals surface area contributed by atoms with Gasteiger partial charge in [0.15, 0.2) is 0 Å². The zero-order valence-corrected chi connectivity index (χ0v) is 14.9. The van der Waals surface area contributed by atoms with Gasteiger partial charge in [-0.05, 0) is 45.0 Å². The number of carbonyl (C=O) groups excluding carboxylic acids is 1. The lowest BCUT2D eigenvalue weighted by Gasteiger charge is -2.18. The van der Waals surface area contributed by atoms with Gasteiger partial charge >= 0.3 is 0 Å². The molecular formula is C15H18N2O4S2. The summed E-state index contributed by atoms with van der Waals surface area (Å²) in [5.41, 5.74) is 0.827. The first-order valence-corrected chi connectivity index (χ1v) is 9.11. The van der Waals surface area contributed by atoms with Crippen molar-refractivity contribution in [3.05, 3.63) is 35.3 Å². The molecule has 1 amide bonds. The van der Waals surface area contributed by atoms with E-state index in [2.05, 4.69) is 9.71 Å². The van der Waals surface area contributed by atoms with Gasteiger partial charge in [-0.2, -0.15) is 0 Å². The molecule has 0 atom stereocenters. The Morgan fingerprint density at radius 1 is 1.22 bits per heavy atom. The van der Waals surface area contributed by atoms with Crippen molar-refractivity contribution in [3.63, 3.8) is 0 Å². The summed E-state index contributed by atoms with van der Waals surface area (Å²) in [5.74, 6) is 0.0525. The van der Waals surface area contributed by atoms with Crippen molar-refractivity contribution < 1.29 is 17.9 Å². The lowest BCUT2D eigenvalue weighted by atomic mass is 10.2. The Morgan fingerprint density at radius 2 is 1.83 bits per heavy atom. The molecule has 1 aromatic carbocycles. The summed E-state index contributed by atoms with van der Waals surface area (Å²) < 4.78 is 30.1. The second kappa shape index (κ2) is 6.29. The largest absolute Gasteiger partial charge is 0.497 e. The molecule has 0 aliphatic carbocycles. The number of rotatable bonds is 4. The van der Waals surface area contributed by atoms with Crippen molar-refractivity contribution in [2.24, 2.45) is 0 Å². The average molecular weight is 354 g/mol. The molecule has 0 aliphatic rings. The van der Waals surface area contributed by atoms with Gasteiger partial charge in [0.05, 0.1) is 18.1 Å². The Balaban J connectivity index is 2.20. The number of ether oxygens (including phenoxy) is 1. The topological polar surface area (TPSA) is 85.4 Å². The minimum atomic E-state index is -3.75. The van der Waals surface area contributed by atoms with Crippen molar-refractivity contribution in [3.8, 4) is 16.3 Å². The van der Waals surface area contributed by atoms with Crippen molar-refractivity contribution in [1.29, 1.82) is 0 Å². The zero-order chi connectivity index (χ0) is 17.3. The van der Waals surface area contributed by atoms with E-state index in [1.807, 2.05) is 12.1 Å². The van der Waals surface area contributed by atoms with Gasteiger partial charge in [0.25, 0.3) is 5.91 Å². The molecule has 1 aromatic heterocycles. The first-order valence-electron chi connectivity index (χ1n) is 6.81. The minimum absolute atomic E-state index is 0.239. The van der Waals surface area contributed by atoms with Gasteiger partial charge in [-0.25, -0.2) is 18.1 Å². The van der Waals surface area contributed by atoms with Gasteiger partial charge < -0.3 is 4.74 Å². The normalized spacial score (nSPS) is 12.0. The molecule has 0 fully saturated rings. The number of amides is 1. The summed E-state index contributed by atoms with van der Waals surface area (Å²) in [7, 11) is -2.17. The molecule has 8 heteroatoms. The molecule has 23 heavy (non-hydrogen) atoms. The van der Waals surface area contributed by atoms with Crippen LogP contribution in [0.15, 0.2) is 30.5 Å². The smallest absolute Gasteiger partial charge is 0.276 e. The fourth-order valence-electron chi connectivity index (χ4n) is 1.57. The number of hydrogen-bond acceptors (Lipinski definition) is 6. The van der Waals surface area contributed by atoms with Gasteiger partial charge in [-0.1, -0.05) is 0 Å². The van der Waals surface area contributed by atoms with E-state index >= 15 is 0 Å². The molecule has 1 N–H and O–H groups in total. The molecule has 0 saturated carbocycles. The van der Waals surface area contributed by atoms with Crippen LogP contribution in [-0.4, -0.2) is 31.2 Å². The predicted octanol–water partition coefficient (Wildman–Crippen LogP) is 2.68. The number of nitrogens with zero attached hydrogens (tertiary/aromatic N) is 1. The Hall–Kier alpha value is -1.93. The number of sulfonamides is 1. The van der Waals surface area contributed by atoms with Crippen LogP contribution in [0.25, 0.3) is 10.6 Å². The summed E-state index contributed by atoms with van der Waals surface area (Å²) in [6, 6.07) is 7.23. The fourth-order valence-corrected chi connectivity index (χ4v) is 3.11. The van der Waals surface area contributed by atoms with Crippen LogP contribution < -0.4 is 9.46 Å². The van der Waals surface area contributed by atoms with Crippen LogP contribution in [0.5, 0.6) is 5.75 Å². The van der Waals surface area contributed by atoms with E-state index in [9.17, 15) is 13.2 Å². The van der Waals surface area contributed by atoms with E-state index in [0.29, 0.717) is 5.01 Å². The van der Waals surface area contributed by atoms with E-state index in [1.165, 1.54) is 27.0 Å². The Bertz CT molecular complexity index is 803. The predicted molar refractivity (Wildman–Crippen MR) is 90.2 cm³/mol. The monoisotopic (exact) mass is 354 g/mol. The summed E-state index contributed by atoms with van der Waals surface area (Å²) in [5, 5.41) is 0.631. The van der Waals surface area contributed by atoms with E-state index in [0.717, 1.165) is 22.6 Å². The van der Waals surface area contributed by atoms with Crippen LogP contribution in [0.2, 0.25) is 0 Å². The highest BCUT2D eigenvalue weighted by atomic mass is 32.2. The Labute approximate surface area is 139 Å². The second-order valence-corrected chi connectivity index (χ2v) is 9.27. The van der Waals surface area contributed by atoms with Crippen molar-refractivity contribution in [2.45, 2.75) is 25.5 Å². The molecule has 0 aliphatic heterocycles. The number of nitrogens with one attached hydrogen (secondary N) is 1. The zero-order valence-electron chi connectivity index (χ0n) is 13.3. The molecule has 6 nitrogen and oxygen atoms in total. The highest BCUT2D eigenvalue weighted by Crippen LogP contribution is 2.27. The third-order valence-corrected chi connectivity index (χ3v) is 6.21. The SMILES string of the molecule is COc1ccc(-c2ncc(C(=O)NS(=O)(=O)C(C)(C)C)s2)cc1. The first kappa shape index (κ1) is 17.4. The van der Waals surface area contributed by atoms with Gasteiger partial charge in [0, 0.05) is 5.56 Å².